The van der Waals surface area contributed by atoms with Crippen LogP contribution >= 0.6 is 0 Å². The topological polar surface area (TPSA) is 83.1 Å². The van der Waals surface area contributed by atoms with E-state index < -0.39 is 0 Å². The van der Waals surface area contributed by atoms with Crippen molar-refractivity contribution in [2.75, 3.05) is 25.5 Å². The van der Waals surface area contributed by atoms with Gasteiger partial charge in [0.25, 0.3) is 5.91 Å². The smallest absolute Gasteiger partial charge is 0.251 e. The van der Waals surface area contributed by atoms with Crippen LogP contribution in [0.5, 0.6) is 0 Å². The number of aromatic nitrogens is 1. The van der Waals surface area contributed by atoms with Crippen molar-refractivity contribution in [2.45, 2.75) is 13.3 Å². The Labute approximate surface area is 106 Å². The molecular formula is C12H18N4O2. The highest BCUT2D eigenvalue weighted by Crippen LogP contribution is 2.05. The molecule has 18 heavy (non-hydrogen) atoms. The van der Waals surface area contributed by atoms with Crippen LogP contribution in [0.1, 0.15) is 23.7 Å². The molecule has 1 heterocycles. The van der Waals surface area contributed by atoms with Gasteiger partial charge in [-0.25, -0.2) is 4.98 Å². The molecule has 1 rings (SSSR count). The molecule has 1 aromatic heterocycles. The fourth-order valence-corrected chi connectivity index (χ4v) is 1.30. The molecule has 0 aliphatic carbocycles. The zero-order chi connectivity index (χ0) is 13.4. The Morgan fingerprint density at radius 3 is 2.78 bits per heavy atom. The van der Waals surface area contributed by atoms with Crippen molar-refractivity contribution in [2.24, 2.45) is 0 Å². The molecule has 0 aliphatic heterocycles. The minimum Gasteiger partial charge on any atom is -0.373 e. The van der Waals surface area contributed by atoms with Crippen molar-refractivity contribution in [3.05, 3.63) is 23.9 Å². The monoisotopic (exact) mass is 250 g/mol. The van der Waals surface area contributed by atoms with Crippen LogP contribution in [0.3, 0.4) is 0 Å². The van der Waals surface area contributed by atoms with Crippen molar-refractivity contribution < 1.29 is 9.59 Å². The third-order valence-corrected chi connectivity index (χ3v) is 2.26. The highest BCUT2D eigenvalue weighted by molar-refractivity contribution is 5.96. The maximum atomic E-state index is 11.7. The van der Waals surface area contributed by atoms with Gasteiger partial charge in [0.1, 0.15) is 5.82 Å². The molecule has 3 N–H and O–H groups in total. The summed E-state index contributed by atoms with van der Waals surface area (Å²) in [5.74, 6) is 0.131. The van der Waals surface area contributed by atoms with Crippen LogP contribution in [0.15, 0.2) is 18.3 Å². The third kappa shape index (κ3) is 4.40. The molecule has 2 amide bonds. The first-order valence-corrected chi connectivity index (χ1v) is 5.86. The summed E-state index contributed by atoms with van der Waals surface area (Å²) in [5, 5.41) is 8.08. The zero-order valence-corrected chi connectivity index (χ0v) is 10.6. The molecule has 0 fully saturated rings. The van der Waals surface area contributed by atoms with E-state index in [1.54, 1.807) is 19.2 Å². The summed E-state index contributed by atoms with van der Waals surface area (Å²) < 4.78 is 0. The minimum atomic E-state index is -0.291. The molecule has 6 nitrogen and oxygen atoms in total. The number of pyridine rings is 1. The number of carbonyl (C=O) groups excluding carboxylic acids is 2. The summed E-state index contributed by atoms with van der Waals surface area (Å²) in [6.45, 7) is 2.57. The number of hydrogen-bond acceptors (Lipinski definition) is 4. The summed E-state index contributed by atoms with van der Waals surface area (Å²) in [4.78, 5) is 27.1. The van der Waals surface area contributed by atoms with E-state index >= 15 is 0 Å². The Balaban J connectivity index is 2.47. The van der Waals surface area contributed by atoms with E-state index in [0.717, 1.165) is 6.42 Å². The second-order valence-corrected chi connectivity index (χ2v) is 3.71. The second-order valence-electron chi connectivity index (χ2n) is 3.71. The Kier molecular flexibility index (Phi) is 5.63. The molecular weight excluding hydrogens is 232 g/mol. The van der Waals surface area contributed by atoms with Crippen LogP contribution < -0.4 is 16.0 Å². The van der Waals surface area contributed by atoms with E-state index in [-0.39, 0.29) is 18.4 Å². The average molecular weight is 250 g/mol. The Morgan fingerprint density at radius 1 is 1.33 bits per heavy atom. The molecule has 0 radical (unpaired) electrons. The highest BCUT2D eigenvalue weighted by atomic mass is 16.2. The number of nitrogens with one attached hydrogen (secondary N) is 3. The highest BCUT2D eigenvalue weighted by Gasteiger charge is 2.08. The second kappa shape index (κ2) is 7.26. The maximum Gasteiger partial charge on any atom is 0.251 e. The fourth-order valence-electron chi connectivity index (χ4n) is 1.30. The van der Waals surface area contributed by atoms with Crippen molar-refractivity contribution in [3.63, 3.8) is 0 Å². The molecule has 0 aromatic carbocycles. The quantitative estimate of drug-likeness (QED) is 0.681. The Morgan fingerprint density at radius 2 is 2.11 bits per heavy atom. The number of anilines is 1. The predicted octanol–water partition coefficient (Wildman–Crippen LogP) is 0.379. The van der Waals surface area contributed by atoms with Gasteiger partial charge in [-0.1, -0.05) is 6.92 Å². The van der Waals surface area contributed by atoms with Gasteiger partial charge in [-0.15, -0.1) is 0 Å². The molecule has 0 saturated heterocycles. The summed E-state index contributed by atoms with van der Waals surface area (Å²) in [6, 6.07) is 3.22. The van der Waals surface area contributed by atoms with E-state index in [9.17, 15) is 9.59 Å². The van der Waals surface area contributed by atoms with E-state index in [0.29, 0.717) is 17.9 Å². The van der Waals surface area contributed by atoms with Crippen LogP contribution in [0.2, 0.25) is 0 Å². The van der Waals surface area contributed by atoms with E-state index in [2.05, 4.69) is 20.9 Å². The van der Waals surface area contributed by atoms with E-state index in [1.807, 2.05) is 6.92 Å². The predicted molar refractivity (Wildman–Crippen MR) is 69.4 cm³/mol. The Hall–Kier alpha value is -2.11. The molecule has 0 aliphatic rings. The van der Waals surface area contributed by atoms with Gasteiger partial charge in [-0.3, -0.25) is 9.59 Å². The molecule has 0 atom stereocenters. The first-order chi connectivity index (χ1) is 8.67. The number of carbonyl (C=O) groups is 2. The van der Waals surface area contributed by atoms with E-state index in [4.69, 9.17) is 0 Å². The van der Waals surface area contributed by atoms with Crippen LogP contribution in [0.4, 0.5) is 5.82 Å². The zero-order valence-electron chi connectivity index (χ0n) is 10.6. The lowest BCUT2D eigenvalue weighted by atomic mass is 10.2. The van der Waals surface area contributed by atoms with Crippen LogP contribution in [-0.2, 0) is 4.79 Å². The molecule has 0 unspecified atom stereocenters. The minimum absolute atomic E-state index is 0.0178. The first-order valence-electron chi connectivity index (χ1n) is 5.86. The van der Waals surface area contributed by atoms with Gasteiger partial charge in [0.2, 0.25) is 5.91 Å². The first kappa shape index (κ1) is 14.0. The van der Waals surface area contributed by atoms with Crippen molar-refractivity contribution in [1.29, 1.82) is 0 Å². The number of rotatable bonds is 6. The van der Waals surface area contributed by atoms with Crippen LogP contribution in [0, 0.1) is 0 Å². The molecule has 0 spiro atoms. The summed E-state index contributed by atoms with van der Waals surface area (Å²) in [6.07, 6.45) is 2.41. The average Bonchev–Trinajstić information content (AvgIpc) is 2.42. The van der Waals surface area contributed by atoms with E-state index in [1.165, 1.54) is 6.20 Å². The standard InChI is InChI=1S/C12H18N4O2/c1-3-5-15-11(17)8-16-12(18)9-4-6-14-10(7-9)13-2/h4,6-7H,3,5,8H2,1-2H3,(H,13,14)(H,15,17)(H,16,18). The molecule has 1 aromatic rings. The summed E-state index contributed by atoms with van der Waals surface area (Å²) in [5.41, 5.74) is 0.470. The summed E-state index contributed by atoms with van der Waals surface area (Å²) in [7, 11) is 1.72. The molecule has 0 bridgehead atoms. The van der Waals surface area contributed by atoms with Gasteiger partial charge in [0.05, 0.1) is 6.54 Å². The molecule has 6 heteroatoms. The van der Waals surface area contributed by atoms with Crippen molar-refractivity contribution in [1.82, 2.24) is 15.6 Å². The van der Waals surface area contributed by atoms with Crippen molar-refractivity contribution in [3.8, 4) is 0 Å². The number of nitrogens with zero attached hydrogens (tertiary/aromatic N) is 1. The lowest BCUT2D eigenvalue weighted by Crippen LogP contribution is -2.37. The maximum absolute atomic E-state index is 11.7. The van der Waals surface area contributed by atoms with Gasteiger partial charge < -0.3 is 16.0 Å². The molecule has 0 saturated carbocycles. The lowest BCUT2D eigenvalue weighted by Gasteiger charge is -2.06. The van der Waals surface area contributed by atoms with Gasteiger partial charge in [-0.2, -0.15) is 0 Å². The van der Waals surface area contributed by atoms with Crippen LogP contribution in [-0.4, -0.2) is 36.9 Å². The molecule has 98 valence electrons. The SMILES string of the molecule is CCCNC(=O)CNC(=O)c1ccnc(NC)c1. The largest absolute Gasteiger partial charge is 0.373 e. The third-order valence-electron chi connectivity index (χ3n) is 2.26. The van der Waals surface area contributed by atoms with Crippen molar-refractivity contribution >= 4 is 17.6 Å². The van der Waals surface area contributed by atoms with Gasteiger partial charge in [0.15, 0.2) is 0 Å². The number of amides is 2. The summed E-state index contributed by atoms with van der Waals surface area (Å²) >= 11 is 0. The van der Waals surface area contributed by atoms with Gasteiger partial charge in [0, 0.05) is 25.4 Å². The lowest BCUT2D eigenvalue weighted by molar-refractivity contribution is -0.120. The normalized spacial score (nSPS) is 9.67. The van der Waals surface area contributed by atoms with Crippen LogP contribution in [0.25, 0.3) is 0 Å². The fraction of sp³-hybridized carbons (Fsp3) is 0.417. The Bertz CT molecular complexity index is 420. The van der Waals surface area contributed by atoms with Gasteiger partial charge in [-0.05, 0) is 18.6 Å². The number of hydrogen-bond donors (Lipinski definition) is 3. The van der Waals surface area contributed by atoms with Gasteiger partial charge >= 0.3 is 0 Å².